The molecule has 0 spiro atoms. The summed E-state index contributed by atoms with van der Waals surface area (Å²) in [5, 5.41) is 15.4. The molecule has 9 nitrogen and oxygen atoms in total. The lowest BCUT2D eigenvalue weighted by atomic mass is 10.1. The van der Waals surface area contributed by atoms with Crippen LogP contribution in [0.4, 0.5) is 5.69 Å². The van der Waals surface area contributed by atoms with E-state index in [9.17, 15) is 14.9 Å². The molecule has 3 rings (SSSR count). The van der Waals surface area contributed by atoms with Gasteiger partial charge in [0.15, 0.2) is 6.79 Å². The number of rotatable bonds is 6. The minimum atomic E-state index is -0.492. The highest BCUT2D eigenvalue weighted by Crippen LogP contribution is 2.33. The third-order valence-corrected chi connectivity index (χ3v) is 4.61. The predicted molar refractivity (Wildman–Crippen MR) is 94.2 cm³/mol. The molecule has 1 aliphatic heterocycles. The van der Waals surface area contributed by atoms with E-state index in [4.69, 9.17) is 14.2 Å². The zero-order valence-electron chi connectivity index (χ0n) is 15.5. The Labute approximate surface area is 156 Å². The lowest BCUT2D eigenvalue weighted by Gasteiger charge is -2.20. The van der Waals surface area contributed by atoms with E-state index in [0.29, 0.717) is 23.3 Å². The zero-order chi connectivity index (χ0) is 19.6. The average Bonchev–Trinajstić information content (AvgIpc) is 2.89. The zero-order valence-corrected chi connectivity index (χ0v) is 15.5. The topological polar surface area (TPSA) is 106 Å². The third kappa shape index (κ3) is 4.08. The van der Waals surface area contributed by atoms with E-state index < -0.39 is 4.92 Å². The third-order valence-electron chi connectivity index (χ3n) is 4.61. The fourth-order valence-electron chi connectivity index (χ4n) is 3.13. The van der Waals surface area contributed by atoms with Gasteiger partial charge in [-0.25, -0.2) is 0 Å². The summed E-state index contributed by atoms with van der Waals surface area (Å²) >= 11 is 0. The number of aryl methyl sites for hydroxylation is 2. The van der Waals surface area contributed by atoms with Gasteiger partial charge in [0, 0.05) is 42.4 Å². The summed E-state index contributed by atoms with van der Waals surface area (Å²) < 4.78 is 17.7. The van der Waals surface area contributed by atoms with Gasteiger partial charge in [-0.1, -0.05) is 0 Å². The Morgan fingerprint density at radius 2 is 2.19 bits per heavy atom. The number of ether oxygens (including phenoxy) is 3. The normalized spacial score (nSPS) is 13.0. The van der Waals surface area contributed by atoms with Crippen LogP contribution in [0.25, 0.3) is 0 Å². The van der Waals surface area contributed by atoms with E-state index in [-0.39, 0.29) is 38.1 Å². The van der Waals surface area contributed by atoms with Crippen molar-refractivity contribution in [1.29, 1.82) is 0 Å². The summed E-state index contributed by atoms with van der Waals surface area (Å²) in [4.78, 5) is 22.8. The van der Waals surface area contributed by atoms with Crippen molar-refractivity contribution < 1.29 is 23.9 Å². The van der Waals surface area contributed by atoms with Gasteiger partial charge in [-0.05, 0) is 25.8 Å². The summed E-state index contributed by atoms with van der Waals surface area (Å²) in [6.45, 7) is 4.05. The second-order valence-corrected chi connectivity index (χ2v) is 6.39. The first-order valence-electron chi connectivity index (χ1n) is 8.52. The molecule has 27 heavy (non-hydrogen) atoms. The van der Waals surface area contributed by atoms with Crippen LogP contribution < -0.4 is 4.74 Å². The standard InChI is InChI=1S/C18H21N3O6/c1-11-16(12(2)20(3)19-11)4-5-17(22)26-9-14-7-15(21(23)24)6-13-8-25-10-27-18(13)14/h6-7H,4-5,8-10H2,1-3H3. The number of hydrogen-bond acceptors (Lipinski definition) is 7. The summed E-state index contributed by atoms with van der Waals surface area (Å²) in [7, 11) is 1.86. The van der Waals surface area contributed by atoms with Crippen molar-refractivity contribution in [2.75, 3.05) is 6.79 Å². The van der Waals surface area contributed by atoms with Crippen LogP contribution in [-0.4, -0.2) is 27.5 Å². The molecule has 2 heterocycles. The van der Waals surface area contributed by atoms with E-state index in [1.807, 2.05) is 20.9 Å². The number of carbonyl (C=O) groups excluding carboxylic acids is 1. The largest absolute Gasteiger partial charge is 0.467 e. The molecule has 0 unspecified atom stereocenters. The molecule has 1 aromatic carbocycles. The SMILES string of the molecule is Cc1nn(C)c(C)c1CCC(=O)OCc1cc([N+](=O)[O-])cc2c1OCOC2. The summed E-state index contributed by atoms with van der Waals surface area (Å²) in [5.74, 6) is 0.101. The van der Waals surface area contributed by atoms with Crippen molar-refractivity contribution in [2.24, 2.45) is 7.05 Å². The minimum absolute atomic E-state index is 0.0608. The number of nitro benzene ring substituents is 1. The van der Waals surface area contributed by atoms with Gasteiger partial charge in [0.1, 0.15) is 12.4 Å². The number of carbonyl (C=O) groups is 1. The second kappa shape index (κ2) is 7.75. The van der Waals surface area contributed by atoms with Gasteiger partial charge in [-0.3, -0.25) is 19.6 Å². The van der Waals surface area contributed by atoms with Crippen molar-refractivity contribution in [2.45, 2.75) is 39.9 Å². The summed E-state index contributed by atoms with van der Waals surface area (Å²) in [6, 6.07) is 2.78. The lowest BCUT2D eigenvalue weighted by Crippen LogP contribution is -2.15. The van der Waals surface area contributed by atoms with E-state index in [1.54, 1.807) is 4.68 Å². The van der Waals surface area contributed by atoms with Crippen molar-refractivity contribution in [3.8, 4) is 5.75 Å². The monoisotopic (exact) mass is 375 g/mol. The van der Waals surface area contributed by atoms with Crippen LogP contribution in [-0.2, 0) is 41.0 Å². The maximum Gasteiger partial charge on any atom is 0.306 e. The Morgan fingerprint density at radius 1 is 1.41 bits per heavy atom. The quantitative estimate of drug-likeness (QED) is 0.434. The number of hydrogen-bond donors (Lipinski definition) is 0. The molecule has 0 saturated carbocycles. The predicted octanol–water partition coefficient (Wildman–Crippen LogP) is 2.49. The van der Waals surface area contributed by atoms with Crippen LogP contribution in [0.5, 0.6) is 5.75 Å². The summed E-state index contributed by atoms with van der Waals surface area (Å²) in [6.07, 6.45) is 0.732. The molecule has 0 radical (unpaired) electrons. The van der Waals surface area contributed by atoms with Crippen molar-refractivity contribution >= 4 is 11.7 Å². The van der Waals surface area contributed by atoms with E-state index in [0.717, 1.165) is 17.0 Å². The molecular weight excluding hydrogens is 354 g/mol. The van der Waals surface area contributed by atoms with Gasteiger partial charge in [0.25, 0.3) is 5.69 Å². The van der Waals surface area contributed by atoms with Crippen molar-refractivity contribution in [3.63, 3.8) is 0 Å². The van der Waals surface area contributed by atoms with Crippen molar-refractivity contribution in [3.05, 3.63) is 50.3 Å². The number of aromatic nitrogens is 2. The van der Waals surface area contributed by atoms with Gasteiger partial charge in [0.2, 0.25) is 0 Å². The average molecular weight is 375 g/mol. The Hall–Kier alpha value is -2.94. The van der Waals surface area contributed by atoms with E-state index >= 15 is 0 Å². The lowest BCUT2D eigenvalue weighted by molar-refractivity contribution is -0.385. The van der Waals surface area contributed by atoms with Crippen LogP contribution in [0.1, 0.15) is 34.5 Å². The van der Waals surface area contributed by atoms with Crippen molar-refractivity contribution in [1.82, 2.24) is 9.78 Å². The number of nitrogens with zero attached hydrogens (tertiary/aromatic N) is 3. The molecule has 1 aliphatic rings. The Balaban J connectivity index is 1.66. The van der Waals surface area contributed by atoms with E-state index in [1.165, 1.54) is 12.1 Å². The van der Waals surface area contributed by atoms with Crippen LogP contribution in [0.15, 0.2) is 12.1 Å². The van der Waals surface area contributed by atoms with Gasteiger partial charge >= 0.3 is 5.97 Å². The van der Waals surface area contributed by atoms with E-state index in [2.05, 4.69) is 5.10 Å². The first-order valence-corrected chi connectivity index (χ1v) is 8.52. The molecule has 0 atom stereocenters. The van der Waals surface area contributed by atoms with Crippen LogP contribution in [0.3, 0.4) is 0 Å². The molecule has 9 heteroatoms. The molecule has 2 aromatic rings. The number of esters is 1. The molecular formula is C18H21N3O6. The van der Waals surface area contributed by atoms with Gasteiger partial charge in [-0.15, -0.1) is 0 Å². The molecule has 144 valence electrons. The first kappa shape index (κ1) is 18.8. The van der Waals surface area contributed by atoms with Crippen LogP contribution >= 0.6 is 0 Å². The van der Waals surface area contributed by atoms with Gasteiger partial charge in [-0.2, -0.15) is 5.10 Å². The highest BCUT2D eigenvalue weighted by molar-refractivity contribution is 5.70. The fourth-order valence-corrected chi connectivity index (χ4v) is 3.13. The maximum absolute atomic E-state index is 12.2. The molecule has 0 fully saturated rings. The first-order chi connectivity index (χ1) is 12.9. The minimum Gasteiger partial charge on any atom is -0.467 e. The van der Waals surface area contributed by atoms with Gasteiger partial charge < -0.3 is 14.2 Å². The molecule has 0 N–H and O–H groups in total. The highest BCUT2D eigenvalue weighted by Gasteiger charge is 2.22. The van der Waals surface area contributed by atoms with Crippen LogP contribution in [0, 0.1) is 24.0 Å². The number of non-ortho nitro benzene ring substituents is 1. The Kier molecular flexibility index (Phi) is 5.41. The number of fused-ring (bicyclic) bond motifs is 1. The fraction of sp³-hybridized carbons (Fsp3) is 0.444. The van der Waals surface area contributed by atoms with Crippen LogP contribution in [0.2, 0.25) is 0 Å². The number of nitro groups is 1. The molecule has 0 bridgehead atoms. The maximum atomic E-state index is 12.2. The smallest absolute Gasteiger partial charge is 0.306 e. The second-order valence-electron chi connectivity index (χ2n) is 6.39. The highest BCUT2D eigenvalue weighted by atomic mass is 16.7. The Morgan fingerprint density at radius 3 is 2.85 bits per heavy atom. The molecule has 0 aliphatic carbocycles. The van der Waals surface area contributed by atoms with Gasteiger partial charge in [0.05, 0.1) is 17.2 Å². The summed E-state index contributed by atoms with van der Waals surface area (Å²) in [5.41, 5.74) is 3.89. The molecule has 0 amide bonds. The molecule has 1 aromatic heterocycles. The Bertz CT molecular complexity index is 890. The molecule has 0 saturated heterocycles. The number of benzene rings is 1.